The zero-order chi connectivity index (χ0) is 22.3. The van der Waals surface area contributed by atoms with Gasteiger partial charge in [-0.15, -0.1) is 0 Å². The number of pyridine rings is 1. The van der Waals surface area contributed by atoms with Crippen LogP contribution in [0, 0.1) is 5.92 Å². The molecule has 1 aromatic heterocycles. The molecule has 0 N–H and O–H groups in total. The summed E-state index contributed by atoms with van der Waals surface area (Å²) < 4.78 is 46.0. The molecule has 1 saturated heterocycles. The summed E-state index contributed by atoms with van der Waals surface area (Å²) in [7, 11) is 1.44. The molecule has 1 aliphatic rings. The number of amides is 2. The summed E-state index contributed by atoms with van der Waals surface area (Å²) in [6.45, 7) is 1.20. The number of likely N-dealkylation sites (N-methyl/N-ethyl adjacent to an activating group) is 1. The average Bonchev–Trinajstić information content (AvgIpc) is 2.71. The number of alkyl halides is 3. The van der Waals surface area contributed by atoms with Crippen molar-refractivity contribution in [2.75, 3.05) is 39.9 Å². The summed E-state index contributed by atoms with van der Waals surface area (Å²) in [5, 5.41) is 0. The Balaban J connectivity index is 1.84. The van der Waals surface area contributed by atoms with Gasteiger partial charge >= 0.3 is 12.1 Å². The lowest BCUT2D eigenvalue weighted by atomic mass is 9.97. The van der Waals surface area contributed by atoms with Gasteiger partial charge in [-0.2, -0.15) is 13.2 Å². The number of likely N-dealkylation sites (tertiary alicyclic amines) is 1. The van der Waals surface area contributed by atoms with Crippen LogP contribution < -0.4 is 4.74 Å². The summed E-state index contributed by atoms with van der Waals surface area (Å²) in [6.07, 6.45) is -2.38. The van der Waals surface area contributed by atoms with Crippen LogP contribution in [0.1, 0.15) is 30.1 Å². The van der Waals surface area contributed by atoms with Crippen LogP contribution in [-0.4, -0.2) is 78.6 Å². The van der Waals surface area contributed by atoms with E-state index in [1.165, 1.54) is 18.0 Å². The van der Waals surface area contributed by atoms with Crippen LogP contribution in [0.25, 0.3) is 0 Å². The molecule has 1 aromatic rings. The smallest absolute Gasteiger partial charge is 0.422 e. The van der Waals surface area contributed by atoms with Crippen molar-refractivity contribution < 1.29 is 37.0 Å². The van der Waals surface area contributed by atoms with E-state index in [-0.39, 0.29) is 35.8 Å². The average molecular weight is 431 g/mol. The third-order valence-corrected chi connectivity index (χ3v) is 4.55. The van der Waals surface area contributed by atoms with E-state index in [4.69, 9.17) is 4.74 Å². The summed E-state index contributed by atoms with van der Waals surface area (Å²) >= 11 is 0. The Morgan fingerprint density at radius 1 is 1.23 bits per heavy atom. The zero-order valence-electron chi connectivity index (χ0n) is 16.8. The summed E-state index contributed by atoms with van der Waals surface area (Å²) in [4.78, 5) is 43.1. The van der Waals surface area contributed by atoms with Gasteiger partial charge in [0.05, 0.1) is 24.6 Å². The van der Waals surface area contributed by atoms with Crippen LogP contribution in [0.15, 0.2) is 18.3 Å². The highest BCUT2D eigenvalue weighted by Crippen LogP contribution is 2.19. The monoisotopic (exact) mass is 431 g/mol. The van der Waals surface area contributed by atoms with Gasteiger partial charge in [-0.05, 0) is 25.8 Å². The number of aromatic nitrogens is 1. The molecule has 0 radical (unpaired) electrons. The minimum atomic E-state index is -4.48. The van der Waals surface area contributed by atoms with Crippen molar-refractivity contribution in [2.45, 2.75) is 25.9 Å². The molecule has 0 atom stereocenters. The number of rotatable bonds is 7. The Bertz CT molecular complexity index is 747. The van der Waals surface area contributed by atoms with E-state index >= 15 is 0 Å². The Hall–Kier alpha value is -2.85. The molecule has 0 saturated carbocycles. The van der Waals surface area contributed by atoms with E-state index < -0.39 is 18.7 Å². The maximum absolute atomic E-state index is 12.5. The lowest BCUT2D eigenvalue weighted by Gasteiger charge is -2.32. The summed E-state index contributed by atoms with van der Waals surface area (Å²) in [6, 6.07) is 2.45. The van der Waals surface area contributed by atoms with E-state index in [0.717, 1.165) is 12.3 Å². The lowest BCUT2D eigenvalue weighted by molar-refractivity contribution is -0.154. The molecule has 0 aromatic carbocycles. The second-order valence-electron chi connectivity index (χ2n) is 6.86. The fraction of sp³-hybridized carbons (Fsp3) is 0.579. The van der Waals surface area contributed by atoms with Crippen molar-refractivity contribution in [1.29, 1.82) is 0 Å². The molecular weight excluding hydrogens is 407 g/mol. The largest absolute Gasteiger partial charge is 0.468 e. The molecule has 1 fully saturated rings. The molecule has 2 amide bonds. The fourth-order valence-electron chi connectivity index (χ4n) is 2.97. The minimum Gasteiger partial charge on any atom is -0.468 e. The number of carbonyl (C=O) groups excluding carboxylic acids is 3. The van der Waals surface area contributed by atoms with Crippen LogP contribution in [0.5, 0.6) is 5.88 Å². The number of hydrogen-bond donors (Lipinski definition) is 0. The van der Waals surface area contributed by atoms with Crippen molar-refractivity contribution in [1.82, 2.24) is 14.8 Å². The number of esters is 1. The van der Waals surface area contributed by atoms with E-state index in [9.17, 15) is 27.6 Å². The summed E-state index contributed by atoms with van der Waals surface area (Å²) in [5.41, 5.74) is 0.116. The highest BCUT2D eigenvalue weighted by atomic mass is 19.4. The number of halogens is 3. The molecule has 0 spiro atoms. The quantitative estimate of drug-likeness (QED) is 0.613. The Morgan fingerprint density at radius 2 is 1.90 bits per heavy atom. The predicted molar refractivity (Wildman–Crippen MR) is 98.7 cm³/mol. The van der Waals surface area contributed by atoms with E-state index in [2.05, 4.69) is 9.72 Å². The first kappa shape index (κ1) is 23.4. The third kappa shape index (κ3) is 6.89. The number of hydrogen-bond acceptors (Lipinski definition) is 6. The Labute approximate surface area is 171 Å². The van der Waals surface area contributed by atoms with Crippen molar-refractivity contribution in [2.24, 2.45) is 5.92 Å². The molecule has 2 rings (SSSR count). The summed E-state index contributed by atoms with van der Waals surface area (Å²) in [5.74, 6) is -1.50. The van der Waals surface area contributed by atoms with E-state index in [1.807, 2.05) is 0 Å². The topological polar surface area (TPSA) is 89.0 Å². The van der Waals surface area contributed by atoms with Gasteiger partial charge in [-0.25, -0.2) is 4.98 Å². The van der Waals surface area contributed by atoms with Gasteiger partial charge in [-0.1, -0.05) is 0 Å². The van der Waals surface area contributed by atoms with Crippen molar-refractivity contribution in [3.63, 3.8) is 0 Å². The van der Waals surface area contributed by atoms with E-state index in [0.29, 0.717) is 32.5 Å². The highest BCUT2D eigenvalue weighted by molar-refractivity contribution is 5.96. The van der Waals surface area contributed by atoms with Crippen LogP contribution in [0.2, 0.25) is 0 Å². The van der Waals surface area contributed by atoms with Crippen molar-refractivity contribution >= 4 is 17.8 Å². The first-order valence-electron chi connectivity index (χ1n) is 9.46. The lowest BCUT2D eigenvalue weighted by Crippen LogP contribution is -2.45. The standard InChI is InChI=1S/C19H24F3N3O5/c1-3-29-18(28)13-6-8-25(9-7-13)16(26)11-24(2)17(27)14-4-5-15(23-10-14)30-12-19(20,21)22/h4-5,10,13H,3,6-9,11-12H2,1-2H3. The number of ether oxygens (including phenoxy) is 2. The fourth-order valence-corrected chi connectivity index (χ4v) is 2.97. The SMILES string of the molecule is CCOC(=O)C1CCN(C(=O)CN(C)C(=O)c2ccc(OCC(F)(F)F)nc2)CC1. The molecule has 0 aliphatic carbocycles. The van der Waals surface area contributed by atoms with Crippen LogP contribution in [-0.2, 0) is 14.3 Å². The van der Waals surface area contributed by atoms with Gasteiger partial charge in [0.2, 0.25) is 11.8 Å². The van der Waals surface area contributed by atoms with Crippen LogP contribution in [0.4, 0.5) is 13.2 Å². The highest BCUT2D eigenvalue weighted by Gasteiger charge is 2.30. The molecule has 8 nitrogen and oxygen atoms in total. The molecule has 166 valence electrons. The molecule has 30 heavy (non-hydrogen) atoms. The van der Waals surface area contributed by atoms with Gasteiger partial charge in [0.1, 0.15) is 0 Å². The Morgan fingerprint density at radius 3 is 2.43 bits per heavy atom. The van der Waals surface area contributed by atoms with Gasteiger partial charge in [0.15, 0.2) is 6.61 Å². The van der Waals surface area contributed by atoms with Crippen LogP contribution in [0.3, 0.4) is 0 Å². The van der Waals surface area contributed by atoms with Crippen LogP contribution >= 0.6 is 0 Å². The van der Waals surface area contributed by atoms with Gasteiger partial charge in [0, 0.05) is 32.4 Å². The molecule has 2 heterocycles. The zero-order valence-corrected chi connectivity index (χ0v) is 16.8. The number of piperidine rings is 1. The molecule has 11 heteroatoms. The first-order chi connectivity index (χ1) is 14.1. The van der Waals surface area contributed by atoms with Gasteiger partial charge in [0.25, 0.3) is 5.91 Å². The minimum absolute atomic E-state index is 0.116. The maximum atomic E-state index is 12.5. The molecule has 0 unspecified atom stereocenters. The normalized spacial score (nSPS) is 14.9. The molecular formula is C19H24F3N3O5. The van der Waals surface area contributed by atoms with E-state index in [1.54, 1.807) is 11.8 Å². The molecule has 1 aliphatic heterocycles. The van der Waals surface area contributed by atoms with Crippen molar-refractivity contribution in [3.8, 4) is 5.88 Å². The second kappa shape index (κ2) is 10.3. The molecule has 0 bridgehead atoms. The predicted octanol–water partition coefficient (Wildman–Crippen LogP) is 1.90. The first-order valence-corrected chi connectivity index (χ1v) is 9.46. The Kier molecular flexibility index (Phi) is 8.01. The maximum Gasteiger partial charge on any atom is 0.422 e. The number of carbonyl (C=O) groups is 3. The van der Waals surface area contributed by atoms with Gasteiger partial charge in [-0.3, -0.25) is 14.4 Å². The number of nitrogens with zero attached hydrogens (tertiary/aromatic N) is 3. The van der Waals surface area contributed by atoms with Gasteiger partial charge < -0.3 is 19.3 Å². The third-order valence-electron chi connectivity index (χ3n) is 4.55. The van der Waals surface area contributed by atoms with Crippen molar-refractivity contribution in [3.05, 3.63) is 23.9 Å². The second-order valence-corrected chi connectivity index (χ2v) is 6.86.